The van der Waals surface area contributed by atoms with Crippen LogP contribution in [0.1, 0.15) is 18.2 Å². The third kappa shape index (κ3) is 5.09. The van der Waals surface area contributed by atoms with Gasteiger partial charge in [0.1, 0.15) is 10.8 Å². The Morgan fingerprint density at radius 3 is 2.85 bits per heavy atom. The SMILES string of the molecule is Cc1ccccc1-c1nc(CNC(=O)C(C)Oc2ccc(Cl)cc2Br)cs1. The molecule has 0 bridgehead atoms. The predicted octanol–water partition coefficient (Wildman–Crippen LogP) is 5.62. The van der Waals surface area contributed by atoms with Crippen LogP contribution in [-0.2, 0) is 11.3 Å². The largest absolute Gasteiger partial charge is 0.480 e. The van der Waals surface area contributed by atoms with Crippen molar-refractivity contribution in [2.45, 2.75) is 26.5 Å². The summed E-state index contributed by atoms with van der Waals surface area (Å²) in [5.41, 5.74) is 3.12. The van der Waals surface area contributed by atoms with E-state index in [2.05, 4.69) is 45.3 Å². The Kier molecular flexibility index (Phi) is 6.52. The maximum Gasteiger partial charge on any atom is 0.261 e. The van der Waals surface area contributed by atoms with E-state index in [0.717, 1.165) is 16.3 Å². The lowest BCUT2D eigenvalue weighted by Gasteiger charge is -2.15. The molecule has 1 heterocycles. The summed E-state index contributed by atoms with van der Waals surface area (Å²) in [5.74, 6) is 0.361. The quantitative estimate of drug-likeness (QED) is 0.514. The van der Waals surface area contributed by atoms with E-state index in [9.17, 15) is 4.79 Å². The van der Waals surface area contributed by atoms with Gasteiger partial charge in [0.2, 0.25) is 0 Å². The summed E-state index contributed by atoms with van der Waals surface area (Å²) in [5, 5.41) is 6.38. The van der Waals surface area contributed by atoms with Gasteiger partial charge in [-0.1, -0.05) is 35.9 Å². The maximum atomic E-state index is 12.3. The molecule has 0 aliphatic rings. The summed E-state index contributed by atoms with van der Waals surface area (Å²) in [6.07, 6.45) is -0.642. The highest BCUT2D eigenvalue weighted by Gasteiger charge is 2.16. The molecule has 0 saturated carbocycles. The van der Waals surface area contributed by atoms with Gasteiger partial charge in [-0.2, -0.15) is 0 Å². The molecule has 4 nitrogen and oxygen atoms in total. The lowest BCUT2D eigenvalue weighted by molar-refractivity contribution is -0.127. The van der Waals surface area contributed by atoms with Crippen molar-refractivity contribution in [2.75, 3.05) is 0 Å². The van der Waals surface area contributed by atoms with Gasteiger partial charge in [0.05, 0.1) is 16.7 Å². The third-order valence-electron chi connectivity index (χ3n) is 3.94. The number of amides is 1. The second-order valence-electron chi connectivity index (χ2n) is 6.01. The Morgan fingerprint density at radius 2 is 2.11 bits per heavy atom. The number of aryl methyl sites for hydroxylation is 1. The van der Waals surface area contributed by atoms with Crippen LogP contribution in [0.2, 0.25) is 5.02 Å². The number of hydrogen-bond acceptors (Lipinski definition) is 4. The second-order valence-corrected chi connectivity index (χ2v) is 8.16. The molecular weight excluding hydrogens is 448 g/mol. The van der Waals surface area contributed by atoms with E-state index >= 15 is 0 Å². The first-order valence-electron chi connectivity index (χ1n) is 8.34. The molecule has 1 amide bonds. The van der Waals surface area contributed by atoms with Gasteiger partial charge in [-0.05, 0) is 53.5 Å². The number of aromatic nitrogens is 1. The topological polar surface area (TPSA) is 51.2 Å². The predicted molar refractivity (Wildman–Crippen MR) is 113 cm³/mol. The Balaban J connectivity index is 1.58. The highest BCUT2D eigenvalue weighted by molar-refractivity contribution is 9.10. The standard InChI is InChI=1S/C20H18BrClN2O2S/c1-12-5-3-4-6-16(12)20-24-15(11-27-20)10-23-19(25)13(2)26-18-8-7-14(22)9-17(18)21/h3-9,11,13H,10H2,1-2H3,(H,23,25). The number of carbonyl (C=O) groups excluding carboxylic acids is 1. The highest BCUT2D eigenvalue weighted by atomic mass is 79.9. The summed E-state index contributed by atoms with van der Waals surface area (Å²) < 4.78 is 6.41. The fourth-order valence-corrected chi connectivity index (χ4v) is 4.15. The molecule has 0 spiro atoms. The van der Waals surface area contributed by atoms with E-state index in [0.29, 0.717) is 21.8 Å². The van der Waals surface area contributed by atoms with Crippen LogP contribution < -0.4 is 10.1 Å². The number of rotatable bonds is 6. The molecule has 27 heavy (non-hydrogen) atoms. The van der Waals surface area contributed by atoms with Crippen molar-refractivity contribution in [3.05, 3.63) is 68.6 Å². The van der Waals surface area contributed by atoms with Crippen molar-refractivity contribution < 1.29 is 9.53 Å². The maximum absolute atomic E-state index is 12.3. The molecule has 0 radical (unpaired) electrons. The van der Waals surface area contributed by atoms with E-state index in [4.69, 9.17) is 16.3 Å². The fraction of sp³-hybridized carbons (Fsp3) is 0.200. The van der Waals surface area contributed by atoms with Crippen molar-refractivity contribution in [1.29, 1.82) is 0 Å². The van der Waals surface area contributed by atoms with Crippen LogP contribution in [0, 0.1) is 6.92 Å². The van der Waals surface area contributed by atoms with Crippen molar-refractivity contribution in [3.63, 3.8) is 0 Å². The number of nitrogens with zero attached hydrogens (tertiary/aromatic N) is 1. The molecular formula is C20H18BrClN2O2S. The first kappa shape index (κ1) is 19.9. The molecule has 2 aromatic carbocycles. The lowest BCUT2D eigenvalue weighted by Crippen LogP contribution is -2.36. The van der Waals surface area contributed by atoms with Gasteiger partial charge in [0.15, 0.2) is 6.10 Å². The molecule has 7 heteroatoms. The number of hydrogen-bond donors (Lipinski definition) is 1. The van der Waals surface area contributed by atoms with Gasteiger partial charge < -0.3 is 10.1 Å². The van der Waals surface area contributed by atoms with Gasteiger partial charge in [0.25, 0.3) is 5.91 Å². The summed E-state index contributed by atoms with van der Waals surface area (Å²) >= 11 is 10.9. The van der Waals surface area contributed by atoms with Crippen molar-refractivity contribution in [3.8, 4) is 16.3 Å². The van der Waals surface area contributed by atoms with Crippen LogP contribution in [0.15, 0.2) is 52.3 Å². The summed E-state index contributed by atoms with van der Waals surface area (Å²) in [4.78, 5) is 16.9. The van der Waals surface area contributed by atoms with Crippen molar-refractivity contribution in [1.82, 2.24) is 10.3 Å². The average molecular weight is 466 g/mol. The molecule has 1 N–H and O–H groups in total. The van der Waals surface area contributed by atoms with E-state index in [1.807, 2.05) is 17.5 Å². The number of halogens is 2. The molecule has 1 aromatic heterocycles. The van der Waals surface area contributed by atoms with E-state index < -0.39 is 6.10 Å². The van der Waals surface area contributed by atoms with E-state index in [1.165, 1.54) is 5.56 Å². The number of benzene rings is 2. The van der Waals surface area contributed by atoms with Gasteiger partial charge in [-0.3, -0.25) is 4.79 Å². The lowest BCUT2D eigenvalue weighted by atomic mass is 10.1. The van der Waals surface area contributed by atoms with Crippen LogP contribution in [0.4, 0.5) is 0 Å². The van der Waals surface area contributed by atoms with Crippen LogP contribution in [0.5, 0.6) is 5.75 Å². The average Bonchev–Trinajstić information content (AvgIpc) is 3.11. The Morgan fingerprint density at radius 1 is 1.33 bits per heavy atom. The Hall–Kier alpha value is -1.89. The zero-order chi connectivity index (χ0) is 19.4. The number of nitrogens with one attached hydrogen (secondary N) is 1. The monoisotopic (exact) mass is 464 g/mol. The zero-order valence-corrected chi connectivity index (χ0v) is 18.0. The summed E-state index contributed by atoms with van der Waals surface area (Å²) in [6, 6.07) is 13.3. The number of ether oxygens (including phenoxy) is 1. The van der Waals surface area contributed by atoms with Gasteiger partial charge in [0, 0.05) is 16.0 Å². The third-order valence-corrected chi connectivity index (χ3v) is 5.72. The van der Waals surface area contributed by atoms with Gasteiger partial charge in [-0.15, -0.1) is 11.3 Å². The first-order valence-corrected chi connectivity index (χ1v) is 10.4. The molecule has 0 fully saturated rings. The van der Waals surface area contributed by atoms with E-state index in [-0.39, 0.29) is 5.91 Å². The summed E-state index contributed by atoms with van der Waals surface area (Å²) in [7, 11) is 0. The number of carbonyl (C=O) groups is 1. The fourth-order valence-electron chi connectivity index (χ4n) is 2.46. The van der Waals surface area contributed by atoms with Crippen molar-refractivity contribution >= 4 is 44.8 Å². The molecule has 1 unspecified atom stereocenters. The highest BCUT2D eigenvalue weighted by Crippen LogP contribution is 2.29. The zero-order valence-electron chi connectivity index (χ0n) is 14.8. The van der Waals surface area contributed by atoms with Crippen molar-refractivity contribution in [2.24, 2.45) is 0 Å². The molecule has 3 rings (SSSR count). The molecule has 3 aromatic rings. The van der Waals surface area contributed by atoms with Gasteiger partial charge in [-0.25, -0.2) is 4.98 Å². The van der Waals surface area contributed by atoms with E-state index in [1.54, 1.807) is 36.5 Å². The number of thiazole rings is 1. The minimum atomic E-state index is -0.642. The van der Waals surface area contributed by atoms with Gasteiger partial charge >= 0.3 is 0 Å². The first-order chi connectivity index (χ1) is 12.9. The van der Waals surface area contributed by atoms with Crippen LogP contribution in [0.3, 0.4) is 0 Å². The summed E-state index contributed by atoms with van der Waals surface area (Å²) in [6.45, 7) is 4.12. The van der Waals surface area contributed by atoms with Crippen LogP contribution in [-0.4, -0.2) is 17.0 Å². The van der Waals surface area contributed by atoms with Crippen LogP contribution in [0.25, 0.3) is 10.6 Å². The molecule has 0 saturated heterocycles. The molecule has 140 valence electrons. The smallest absolute Gasteiger partial charge is 0.261 e. The minimum absolute atomic E-state index is 0.206. The Bertz CT molecular complexity index is 961. The Labute approximate surface area is 175 Å². The second kappa shape index (κ2) is 8.87. The molecule has 0 aliphatic heterocycles. The molecule has 0 aliphatic carbocycles. The normalized spacial score (nSPS) is 11.9. The molecule has 1 atom stereocenters. The minimum Gasteiger partial charge on any atom is -0.480 e. The van der Waals surface area contributed by atoms with Crippen LogP contribution >= 0.6 is 38.9 Å².